The van der Waals surface area contributed by atoms with Crippen LogP contribution < -0.4 is 16.3 Å². The molecule has 0 aromatic carbocycles. The summed E-state index contributed by atoms with van der Waals surface area (Å²) in [5.74, 6) is 0.0857. The van der Waals surface area contributed by atoms with Gasteiger partial charge in [0.25, 0.3) is 0 Å². The van der Waals surface area contributed by atoms with Gasteiger partial charge in [-0.15, -0.1) is 0 Å². The summed E-state index contributed by atoms with van der Waals surface area (Å²) in [6.45, 7) is 9.97. The third-order valence-electron chi connectivity index (χ3n) is 2.71. The molecule has 1 aromatic rings. The van der Waals surface area contributed by atoms with E-state index in [-0.39, 0.29) is 6.42 Å². The van der Waals surface area contributed by atoms with Crippen molar-refractivity contribution < 1.29 is 10.0 Å². The number of pyridine rings is 1. The number of hydrogen-bond acceptors (Lipinski definition) is 4. The van der Waals surface area contributed by atoms with Crippen LogP contribution in [0.3, 0.4) is 0 Å². The van der Waals surface area contributed by atoms with Crippen LogP contribution in [0.4, 0.5) is 0 Å². The average Bonchev–Trinajstić information content (AvgIpc) is 2.54. The van der Waals surface area contributed by atoms with E-state index in [0.717, 1.165) is 17.6 Å². The number of hydrogen-bond donors (Lipinski definition) is 3. The van der Waals surface area contributed by atoms with E-state index >= 15 is 0 Å². The molecule has 136 valence electrons. The third kappa shape index (κ3) is 9.97. The van der Waals surface area contributed by atoms with Crippen LogP contribution in [0, 0.1) is 5.92 Å². The van der Waals surface area contributed by atoms with E-state index in [4.69, 9.17) is 5.21 Å². The molecular weight excluding hydrogens is 304 g/mol. The SMILES string of the molecule is CCC.CNCn1cc(/C=C/CC(=O)NO)ccc1=NCC(C)C. The molecule has 1 amide bonds. The topological polar surface area (TPSA) is 78.7 Å². The van der Waals surface area contributed by atoms with E-state index < -0.39 is 5.91 Å². The predicted octanol–water partition coefficient (Wildman–Crippen LogP) is 2.55. The van der Waals surface area contributed by atoms with E-state index in [1.165, 1.54) is 6.42 Å². The molecule has 6 nitrogen and oxygen atoms in total. The molecule has 3 N–H and O–H groups in total. The van der Waals surface area contributed by atoms with Gasteiger partial charge in [-0.3, -0.25) is 15.0 Å². The molecule has 0 spiro atoms. The lowest BCUT2D eigenvalue weighted by molar-refractivity contribution is -0.128. The van der Waals surface area contributed by atoms with E-state index in [1.54, 1.807) is 11.6 Å². The number of hydroxylamine groups is 1. The van der Waals surface area contributed by atoms with Gasteiger partial charge in [-0.25, -0.2) is 5.48 Å². The number of nitrogens with zero attached hydrogens (tertiary/aromatic N) is 2. The fraction of sp³-hybridized carbons (Fsp3) is 0.556. The second kappa shape index (κ2) is 13.5. The molecule has 0 aliphatic rings. The minimum atomic E-state index is -0.432. The van der Waals surface area contributed by atoms with Crippen molar-refractivity contribution in [3.63, 3.8) is 0 Å². The van der Waals surface area contributed by atoms with Gasteiger partial charge in [-0.2, -0.15) is 0 Å². The molecular formula is C18H32N4O2. The van der Waals surface area contributed by atoms with Crippen LogP contribution >= 0.6 is 0 Å². The molecule has 0 aliphatic carbocycles. The van der Waals surface area contributed by atoms with Gasteiger partial charge < -0.3 is 9.88 Å². The number of aromatic nitrogens is 1. The first-order chi connectivity index (χ1) is 11.5. The Labute approximate surface area is 145 Å². The molecule has 24 heavy (non-hydrogen) atoms. The second-order valence-electron chi connectivity index (χ2n) is 5.89. The Balaban J connectivity index is 0.00000163. The quantitative estimate of drug-likeness (QED) is 0.529. The first-order valence-electron chi connectivity index (χ1n) is 8.43. The molecule has 6 heteroatoms. The highest BCUT2D eigenvalue weighted by atomic mass is 16.5. The Morgan fingerprint density at radius 2 is 2.04 bits per heavy atom. The van der Waals surface area contributed by atoms with Crippen molar-refractivity contribution in [3.05, 3.63) is 35.5 Å². The number of rotatable bonds is 7. The van der Waals surface area contributed by atoms with E-state index in [1.807, 2.05) is 36.0 Å². The van der Waals surface area contributed by atoms with Gasteiger partial charge in [0.15, 0.2) is 0 Å². The van der Waals surface area contributed by atoms with Crippen molar-refractivity contribution in [1.29, 1.82) is 0 Å². The first kappa shape index (κ1) is 22.1. The van der Waals surface area contributed by atoms with Crippen LogP contribution in [0.2, 0.25) is 0 Å². The Hall–Kier alpha value is -1.92. The van der Waals surface area contributed by atoms with Gasteiger partial charge in [-0.05, 0) is 30.7 Å². The van der Waals surface area contributed by atoms with Crippen molar-refractivity contribution in [2.45, 2.75) is 47.2 Å². The zero-order valence-corrected chi connectivity index (χ0v) is 15.5. The molecule has 0 saturated carbocycles. The van der Waals surface area contributed by atoms with Crippen molar-refractivity contribution >= 4 is 12.0 Å². The van der Waals surface area contributed by atoms with Crippen molar-refractivity contribution in [3.8, 4) is 0 Å². The van der Waals surface area contributed by atoms with Gasteiger partial charge in [0, 0.05) is 19.2 Å². The molecule has 0 fully saturated rings. The molecule has 0 radical (unpaired) electrons. The molecule has 0 bridgehead atoms. The third-order valence-corrected chi connectivity index (χ3v) is 2.71. The normalized spacial score (nSPS) is 11.5. The largest absolute Gasteiger partial charge is 0.319 e. The second-order valence-corrected chi connectivity index (χ2v) is 5.89. The Kier molecular flexibility index (Phi) is 12.4. The minimum Gasteiger partial charge on any atom is -0.319 e. The van der Waals surface area contributed by atoms with Crippen LogP contribution in [0.15, 0.2) is 29.4 Å². The van der Waals surface area contributed by atoms with Gasteiger partial charge >= 0.3 is 0 Å². The highest BCUT2D eigenvalue weighted by molar-refractivity contribution is 5.77. The molecule has 1 aromatic heterocycles. The molecule has 0 aliphatic heterocycles. The van der Waals surface area contributed by atoms with Crippen molar-refractivity contribution in [1.82, 2.24) is 15.4 Å². The van der Waals surface area contributed by atoms with Crippen LogP contribution in [-0.4, -0.2) is 29.3 Å². The summed E-state index contributed by atoms with van der Waals surface area (Å²) in [6.07, 6.45) is 6.91. The minimum absolute atomic E-state index is 0.141. The lowest BCUT2D eigenvalue weighted by Crippen LogP contribution is -2.27. The van der Waals surface area contributed by atoms with Crippen LogP contribution in [0.25, 0.3) is 6.08 Å². The summed E-state index contributed by atoms with van der Waals surface area (Å²) in [4.78, 5) is 15.5. The molecule has 0 saturated heterocycles. The average molecular weight is 336 g/mol. The molecule has 0 unspecified atom stereocenters. The highest BCUT2D eigenvalue weighted by Gasteiger charge is 1.97. The summed E-state index contributed by atoms with van der Waals surface area (Å²) < 4.78 is 2.02. The van der Waals surface area contributed by atoms with E-state index in [9.17, 15) is 4.79 Å². The van der Waals surface area contributed by atoms with Crippen molar-refractivity contribution in [2.24, 2.45) is 10.9 Å². The maximum Gasteiger partial charge on any atom is 0.247 e. The smallest absolute Gasteiger partial charge is 0.247 e. The highest BCUT2D eigenvalue weighted by Crippen LogP contribution is 2.01. The van der Waals surface area contributed by atoms with Gasteiger partial charge in [-0.1, -0.05) is 46.3 Å². The maximum absolute atomic E-state index is 10.9. The van der Waals surface area contributed by atoms with Crippen LogP contribution in [0.5, 0.6) is 0 Å². The molecule has 1 rings (SSSR count). The zero-order chi connectivity index (χ0) is 18.4. The fourth-order valence-electron chi connectivity index (χ4n) is 1.72. The summed E-state index contributed by atoms with van der Waals surface area (Å²) >= 11 is 0. The van der Waals surface area contributed by atoms with Gasteiger partial charge in [0.05, 0.1) is 6.67 Å². The Morgan fingerprint density at radius 3 is 2.58 bits per heavy atom. The Bertz CT molecular complexity index is 562. The molecule has 1 heterocycles. The first-order valence-corrected chi connectivity index (χ1v) is 8.43. The maximum atomic E-state index is 10.9. The summed E-state index contributed by atoms with van der Waals surface area (Å²) in [7, 11) is 1.88. The number of carbonyl (C=O) groups excluding carboxylic acids is 1. The summed E-state index contributed by atoms with van der Waals surface area (Å²) in [5.41, 5.74) is 3.49. The monoisotopic (exact) mass is 336 g/mol. The van der Waals surface area contributed by atoms with E-state index in [2.05, 4.69) is 38.0 Å². The lowest BCUT2D eigenvalue weighted by atomic mass is 10.2. The fourth-order valence-corrected chi connectivity index (χ4v) is 1.72. The van der Waals surface area contributed by atoms with Gasteiger partial charge in [0.1, 0.15) is 5.49 Å². The van der Waals surface area contributed by atoms with Crippen LogP contribution in [-0.2, 0) is 11.5 Å². The number of carbonyl (C=O) groups is 1. The van der Waals surface area contributed by atoms with E-state index in [0.29, 0.717) is 12.6 Å². The van der Waals surface area contributed by atoms with Gasteiger partial charge in [0.2, 0.25) is 5.91 Å². The van der Waals surface area contributed by atoms with Crippen LogP contribution in [0.1, 0.15) is 46.1 Å². The zero-order valence-electron chi connectivity index (χ0n) is 15.5. The summed E-state index contributed by atoms with van der Waals surface area (Å²) in [6, 6.07) is 3.92. The Morgan fingerprint density at radius 1 is 1.38 bits per heavy atom. The lowest BCUT2D eigenvalue weighted by Gasteiger charge is -2.09. The molecule has 0 atom stereocenters. The predicted molar refractivity (Wildman–Crippen MR) is 98.3 cm³/mol. The number of amides is 1. The summed E-state index contributed by atoms with van der Waals surface area (Å²) in [5, 5.41) is 11.5. The standard InChI is InChI=1S/C15H24N4O2.C3H8/c1-12(2)9-17-14-8-7-13(10-19(14)11-16-3)5-4-6-15(20)18-21;1-3-2/h4-5,7-8,10,12,16,21H,6,9,11H2,1-3H3,(H,18,20);3H2,1-2H3/b5-4+,17-14?;. The van der Waals surface area contributed by atoms with Crippen molar-refractivity contribution in [2.75, 3.05) is 13.6 Å². The number of nitrogens with one attached hydrogen (secondary N) is 2.